The van der Waals surface area contributed by atoms with Crippen LogP contribution in [-0.4, -0.2) is 17.0 Å². The summed E-state index contributed by atoms with van der Waals surface area (Å²) in [6, 6.07) is 1.74. The number of rotatable bonds is 4. The van der Waals surface area contributed by atoms with Crippen molar-refractivity contribution >= 4 is 11.7 Å². The van der Waals surface area contributed by atoms with Crippen LogP contribution in [0.1, 0.15) is 49.3 Å². The number of oxime groups is 1. The molecule has 2 rings (SSSR count). The van der Waals surface area contributed by atoms with Gasteiger partial charge in [-0.05, 0) is 39.7 Å². The van der Waals surface area contributed by atoms with Gasteiger partial charge >= 0.3 is 0 Å². The SMILES string of the molecule is Cc1cc(C(C)NC(=O)C2(/C(N)=N/O)CCC2)c(C)o1. The first-order chi connectivity index (χ1) is 9.40. The summed E-state index contributed by atoms with van der Waals surface area (Å²) >= 11 is 0. The highest BCUT2D eigenvalue weighted by molar-refractivity contribution is 6.07. The Morgan fingerprint density at radius 1 is 1.55 bits per heavy atom. The smallest absolute Gasteiger partial charge is 0.234 e. The molecule has 0 aliphatic heterocycles. The predicted octanol–water partition coefficient (Wildman–Crippen LogP) is 1.99. The van der Waals surface area contributed by atoms with E-state index in [2.05, 4.69) is 10.5 Å². The van der Waals surface area contributed by atoms with Crippen molar-refractivity contribution in [3.63, 3.8) is 0 Å². The third kappa shape index (κ3) is 2.26. The summed E-state index contributed by atoms with van der Waals surface area (Å²) in [6.07, 6.45) is 2.14. The molecule has 0 radical (unpaired) electrons. The number of carbonyl (C=O) groups is 1. The second-order valence-electron chi connectivity index (χ2n) is 5.48. The fraction of sp³-hybridized carbons (Fsp3) is 0.571. The van der Waals surface area contributed by atoms with Crippen LogP contribution in [0.15, 0.2) is 15.6 Å². The number of nitrogens with zero attached hydrogens (tertiary/aromatic N) is 1. The van der Waals surface area contributed by atoms with E-state index in [4.69, 9.17) is 15.4 Å². The molecule has 1 heterocycles. The van der Waals surface area contributed by atoms with Gasteiger partial charge < -0.3 is 20.7 Å². The van der Waals surface area contributed by atoms with Gasteiger partial charge in [-0.3, -0.25) is 4.79 Å². The first-order valence-electron chi connectivity index (χ1n) is 6.76. The third-order valence-corrected chi connectivity index (χ3v) is 4.13. The lowest BCUT2D eigenvalue weighted by atomic mass is 9.67. The van der Waals surface area contributed by atoms with E-state index < -0.39 is 5.41 Å². The second kappa shape index (κ2) is 5.19. The number of nitrogens with two attached hydrogens (primary N) is 1. The summed E-state index contributed by atoms with van der Waals surface area (Å²) in [5.41, 5.74) is 5.78. The van der Waals surface area contributed by atoms with E-state index in [9.17, 15) is 4.79 Å². The minimum absolute atomic E-state index is 0.00598. The Hall–Kier alpha value is -1.98. The lowest BCUT2D eigenvalue weighted by molar-refractivity contribution is -0.131. The summed E-state index contributed by atoms with van der Waals surface area (Å²) in [4.78, 5) is 12.4. The quantitative estimate of drug-likeness (QED) is 0.339. The molecular formula is C14H21N3O3. The Balaban J connectivity index is 2.13. The van der Waals surface area contributed by atoms with Crippen molar-refractivity contribution in [2.75, 3.05) is 0 Å². The maximum atomic E-state index is 12.4. The second-order valence-corrected chi connectivity index (χ2v) is 5.48. The van der Waals surface area contributed by atoms with Crippen molar-refractivity contribution in [1.29, 1.82) is 0 Å². The van der Waals surface area contributed by atoms with Crippen molar-refractivity contribution in [3.05, 3.63) is 23.2 Å². The van der Waals surface area contributed by atoms with Crippen molar-refractivity contribution in [1.82, 2.24) is 5.32 Å². The maximum absolute atomic E-state index is 12.4. The van der Waals surface area contributed by atoms with Gasteiger partial charge in [-0.2, -0.15) is 0 Å². The zero-order valence-corrected chi connectivity index (χ0v) is 12.1. The molecule has 1 amide bonds. The average molecular weight is 279 g/mol. The molecule has 1 aromatic heterocycles. The average Bonchev–Trinajstić information content (AvgIpc) is 2.66. The largest absolute Gasteiger partial charge is 0.466 e. The van der Waals surface area contributed by atoms with E-state index in [0.29, 0.717) is 12.8 Å². The van der Waals surface area contributed by atoms with Crippen LogP contribution in [0.4, 0.5) is 0 Å². The highest BCUT2D eigenvalue weighted by Gasteiger charge is 2.48. The van der Waals surface area contributed by atoms with Gasteiger partial charge in [0.05, 0.1) is 6.04 Å². The van der Waals surface area contributed by atoms with Crippen LogP contribution < -0.4 is 11.1 Å². The van der Waals surface area contributed by atoms with Crippen LogP contribution >= 0.6 is 0 Å². The van der Waals surface area contributed by atoms with Crippen LogP contribution in [0.25, 0.3) is 0 Å². The van der Waals surface area contributed by atoms with Gasteiger partial charge in [-0.25, -0.2) is 0 Å². The summed E-state index contributed by atoms with van der Waals surface area (Å²) in [6.45, 7) is 5.64. The Kier molecular flexibility index (Phi) is 3.74. The summed E-state index contributed by atoms with van der Waals surface area (Å²) in [7, 11) is 0. The van der Waals surface area contributed by atoms with Crippen LogP contribution in [0, 0.1) is 19.3 Å². The number of furan rings is 1. The monoisotopic (exact) mass is 279 g/mol. The van der Waals surface area contributed by atoms with Crippen LogP contribution in [0.2, 0.25) is 0 Å². The van der Waals surface area contributed by atoms with E-state index >= 15 is 0 Å². The van der Waals surface area contributed by atoms with Crippen LogP contribution in [0.5, 0.6) is 0 Å². The molecule has 1 aliphatic rings. The number of amidine groups is 1. The molecule has 6 nitrogen and oxygen atoms in total. The van der Waals surface area contributed by atoms with E-state index in [1.165, 1.54) is 0 Å². The molecule has 110 valence electrons. The summed E-state index contributed by atoms with van der Waals surface area (Å²) < 4.78 is 5.47. The minimum Gasteiger partial charge on any atom is -0.466 e. The number of nitrogens with one attached hydrogen (secondary N) is 1. The van der Waals surface area contributed by atoms with Gasteiger partial charge in [-0.1, -0.05) is 11.6 Å². The third-order valence-electron chi connectivity index (χ3n) is 4.13. The molecule has 0 aromatic carbocycles. The first kappa shape index (κ1) is 14.4. The molecule has 1 aromatic rings. The zero-order valence-electron chi connectivity index (χ0n) is 12.1. The number of hydrogen-bond donors (Lipinski definition) is 3. The van der Waals surface area contributed by atoms with E-state index in [1.54, 1.807) is 0 Å². The zero-order chi connectivity index (χ0) is 14.9. The Labute approximate surface area is 118 Å². The molecule has 4 N–H and O–H groups in total. The van der Waals surface area contributed by atoms with Gasteiger partial charge in [0.25, 0.3) is 0 Å². The number of hydrogen-bond acceptors (Lipinski definition) is 4. The number of carbonyl (C=O) groups excluding carboxylic acids is 1. The molecular weight excluding hydrogens is 258 g/mol. The van der Waals surface area contributed by atoms with Gasteiger partial charge in [0.2, 0.25) is 5.91 Å². The Bertz CT molecular complexity index is 544. The minimum atomic E-state index is -0.851. The normalized spacial score (nSPS) is 19.2. The van der Waals surface area contributed by atoms with Gasteiger partial charge in [0.1, 0.15) is 16.9 Å². The predicted molar refractivity (Wildman–Crippen MR) is 74.4 cm³/mol. The van der Waals surface area contributed by atoms with Gasteiger partial charge in [0, 0.05) is 5.56 Å². The van der Waals surface area contributed by atoms with Crippen LogP contribution in [-0.2, 0) is 4.79 Å². The van der Waals surface area contributed by atoms with Crippen molar-refractivity contribution in [3.8, 4) is 0 Å². The first-order valence-corrected chi connectivity index (χ1v) is 6.76. The van der Waals surface area contributed by atoms with Gasteiger partial charge in [0.15, 0.2) is 5.84 Å². The maximum Gasteiger partial charge on any atom is 0.234 e. The van der Waals surface area contributed by atoms with E-state index in [1.807, 2.05) is 26.8 Å². The fourth-order valence-corrected chi connectivity index (χ4v) is 2.72. The summed E-state index contributed by atoms with van der Waals surface area (Å²) in [5.74, 6) is 1.41. The molecule has 1 saturated carbocycles. The van der Waals surface area contributed by atoms with E-state index in [-0.39, 0.29) is 17.8 Å². The topological polar surface area (TPSA) is 101 Å². The number of amides is 1. The molecule has 1 atom stereocenters. The van der Waals surface area contributed by atoms with Crippen LogP contribution in [0.3, 0.4) is 0 Å². The van der Waals surface area contributed by atoms with Crippen molar-refractivity contribution in [2.24, 2.45) is 16.3 Å². The molecule has 0 saturated heterocycles. The highest BCUT2D eigenvalue weighted by Crippen LogP contribution is 2.42. The fourth-order valence-electron chi connectivity index (χ4n) is 2.72. The lowest BCUT2D eigenvalue weighted by Crippen LogP contribution is -2.54. The van der Waals surface area contributed by atoms with E-state index in [0.717, 1.165) is 23.5 Å². The standard InChI is InChI=1S/C14H21N3O3/c1-8-7-11(10(3)20-8)9(2)16-13(18)14(5-4-6-14)12(15)17-19/h7,9,19H,4-6H2,1-3H3,(H2,15,17)(H,16,18). The molecule has 1 aliphatic carbocycles. The lowest BCUT2D eigenvalue weighted by Gasteiger charge is -2.39. The Morgan fingerprint density at radius 3 is 2.60 bits per heavy atom. The molecule has 0 spiro atoms. The molecule has 20 heavy (non-hydrogen) atoms. The molecule has 1 unspecified atom stereocenters. The number of aryl methyl sites for hydroxylation is 2. The Morgan fingerprint density at radius 2 is 2.20 bits per heavy atom. The molecule has 6 heteroatoms. The van der Waals surface area contributed by atoms with Crippen molar-refractivity contribution in [2.45, 2.75) is 46.1 Å². The molecule has 0 bridgehead atoms. The molecule has 1 fully saturated rings. The van der Waals surface area contributed by atoms with Crippen molar-refractivity contribution < 1.29 is 14.4 Å². The van der Waals surface area contributed by atoms with Gasteiger partial charge in [-0.15, -0.1) is 0 Å². The highest BCUT2D eigenvalue weighted by atomic mass is 16.4. The summed E-state index contributed by atoms with van der Waals surface area (Å²) in [5, 5.41) is 14.8.